The van der Waals surface area contributed by atoms with E-state index in [9.17, 15) is 0 Å². The fourth-order valence-electron chi connectivity index (χ4n) is 2.50. The maximum Gasteiger partial charge on any atom is 0.300 e. The highest BCUT2D eigenvalue weighted by Crippen LogP contribution is 2.09. The van der Waals surface area contributed by atoms with E-state index in [1.807, 2.05) is 107 Å². The van der Waals surface area contributed by atoms with E-state index in [1.54, 1.807) is 0 Å². The van der Waals surface area contributed by atoms with Crippen molar-refractivity contribution in [1.82, 2.24) is 9.67 Å². The molecule has 0 bridgehead atoms. The highest BCUT2D eigenvalue weighted by Gasteiger charge is 2.09. The Hall–Kier alpha value is -3.93. The number of benzene rings is 3. The molecule has 0 fully saturated rings. The highest BCUT2D eigenvalue weighted by atomic mass is 16.4. The van der Waals surface area contributed by atoms with Crippen LogP contribution in [0.4, 0.5) is 5.69 Å². The van der Waals surface area contributed by atoms with E-state index >= 15 is 0 Å². The highest BCUT2D eigenvalue weighted by molar-refractivity contribution is 5.62. The van der Waals surface area contributed by atoms with Crippen LogP contribution in [0.3, 0.4) is 0 Å². The number of hydrogen-bond donors (Lipinski definition) is 1. The molecule has 1 heterocycles. The molecule has 0 spiro atoms. The van der Waals surface area contributed by atoms with Crippen LogP contribution in [-0.4, -0.2) is 15.6 Å². The summed E-state index contributed by atoms with van der Waals surface area (Å²) in [5, 5.41) is 12.1. The maximum atomic E-state index is 9.00. The van der Waals surface area contributed by atoms with Crippen LogP contribution in [-0.2, 0) is 4.79 Å². The third-order valence-corrected chi connectivity index (χ3v) is 3.68. The second-order valence-electron chi connectivity index (χ2n) is 5.87. The van der Waals surface area contributed by atoms with Gasteiger partial charge >= 0.3 is 0 Å². The van der Waals surface area contributed by atoms with Gasteiger partial charge in [0, 0.05) is 6.92 Å². The number of rotatable bonds is 3. The summed E-state index contributed by atoms with van der Waals surface area (Å²) >= 11 is 0. The van der Waals surface area contributed by atoms with Crippen LogP contribution < -0.4 is 15.4 Å². The first kappa shape index (κ1) is 18.8. The Kier molecular flexibility index (Phi) is 6.15. The van der Waals surface area contributed by atoms with E-state index in [-0.39, 0.29) is 0 Å². The quantitative estimate of drug-likeness (QED) is 0.562. The number of carboxylic acid groups (broad SMARTS) is 1. The van der Waals surface area contributed by atoms with Crippen LogP contribution in [0.1, 0.15) is 6.92 Å². The predicted molar refractivity (Wildman–Crippen MR) is 106 cm³/mol. The summed E-state index contributed by atoms with van der Waals surface area (Å²) in [6, 6.07) is 30.0. The normalized spacial score (nSPS) is 10.8. The van der Waals surface area contributed by atoms with Gasteiger partial charge in [-0.05, 0) is 30.0 Å². The van der Waals surface area contributed by atoms with Crippen LogP contribution in [0.15, 0.2) is 102 Å². The predicted octanol–water partition coefficient (Wildman–Crippen LogP) is 3.03. The summed E-state index contributed by atoms with van der Waals surface area (Å²) in [6.45, 7) is 1.08. The van der Waals surface area contributed by atoms with Crippen molar-refractivity contribution in [2.24, 2.45) is 4.99 Å². The number of aromatic nitrogens is 3. The fourth-order valence-corrected chi connectivity index (χ4v) is 2.50. The summed E-state index contributed by atoms with van der Waals surface area (Å²) in [5.74, 6) is -0.833. The molecule has 1 N–H and O–H groups in total. The van der Waals surface area contributed by atoms with E-state index in [2.05, 4.69) is 5.10 Å². The molecule has 0 aliphatic heterocycles. The van der Waals surface area contributed by atoms with Crippen molar-refractivity contribution >= 4 is 11.7 Å². The number of carbonyl (C=O) groups is 1. The lowest BCUT2D eigenvalue weighted by molar-refractivity contribution is -0.663. The Morgan fingerprint density at radius 1 is 0.893 bits per heavy atom. The molecule has 0 amide bonds. The minimum Gasteiger partial charge on any atom is -0.481 e. The molecule has 1 aromatic heterocycles. The van der Waals surface area contributed by atoms with E-state index in [0.29, 0.717) is 5.62 Å². The Labute approximate surface area is 162 Å². The fraction of sp³-hybridized carbons (Fsp3) is 0.0455. The number of nitrogens with zero attached hydrogens (tertiary/aromatic N) is 4. The molecule has 3 aromatic carbocycles. The van der Waals surface area contributed by atoms with Crippen molar-refractivity contribution in [3.05, 3.63) is 103 Å². The van der Waals surface area contributed by atoms with Gasteiger partial charge in [0.15, 0.2) is 0 Å². The summed E-state index contributed by atoms with van der Waals surface area (Å²) in [4.78, 5) is 13.7. The van der Waals surface area contributed by atoms with Gasteiger partial charge in [0.05, 0.1) is 0 Å². The molecule has 0 unspecified atom stereocenters. The van der Waals surface area contributed by atoms with Gasteiger partial charge in [0.1, 0.15) is 11.4 Å². The molecule has 140 valence electrons. The third kappa shape index (κ3) is 5.04. The van der Waals surface area contributed by atoms with Crippen LogP contribution in [0.2, 0.25) is 0 Å². The Morgan fingerprint density at radius 3 is 1.96 bits per heavy atom. The molecule has 0 atom stereocenters. The summed E-state index contributed by atoms with van der Waals surface area (Å²) in [6.07, 6.45) is 1.95. The zero-order valence-corrected chi connectivity index (χ0v) is 15.4. The van der Waals surface area contributed by atoms with Crippen LogP contribution in [0.5, 0.6) is 0 Å². The average Bonchev–Trinajstić information content (AvgIpc) is 3.13. The second kappa shape index (κ2) is 9.14. The van der Waals surface area contributed by atoms with Crippen molar-refractivity contribution in [1.29, 1.82) is 0 Å². The molecule has 4 rings (SSSR count). The van der Waals surface area contributed by atoms with E-state index < -0.39 is 5.97 Å². The molecule has 0 radical (unpaired) electrons. The first-order valence-electron chi connectivity index (χ1n) is 8.72. The van der Waals surface area contributed by atoms with Crippen LogP contribution in [0, 0.1) is 0 Å². The lowest BCUT2D eigenvalue weighted by Crippen LogP contribution is -2.36. The maximum absolute atomic E-state index is 9.00. The number of hydrogen-bond acceptors (Lipinski definition) is 2. The molecule has 0 saturated heterocycles. The Balaban J connectivity index is 0.000000516. The largest absolute Gasteiger partial charge is 0.481 e. The Morgan fingerprint density at radius 2 is 1.39 bits per heavy atom. The monoisotopic (exact) mass is 372 g/mol. The lowest BCUT2D eigenvalue weighted by Gasteiger charge is -1.97. The molecule has 4 aromatic rings. The second-order valence-corrected chi connectivity index (χ2v) is 5.87. The van der Waals surface area contributed by atoms with Gasteiger partial charge < -0.3 is 10.1 Å². The molecule has 6 nitrogen and oxygen atoms in total. The topological polar surface area (TPSA) is 72.6 Å². The zero-order chi connectivity index (χ0) is 19.8. The van der Waals surface area contributed by atoms with Crippen molar-refractivity contribution in [3.8, 4) is 11.4 Å². The smallest absolute Gasteiger partial charge is 0.300 e. The third-order valence-electron chi connectivity index (χ3n) is 3.68. The van der Waals surface area contributed by atoms with E-state index in [1.165, 1.54) is 0 Å². The SMILES string of the molecule is CC(=O)O.c1ccc(N=c2[n-][n+](-c3ccccc3)cn2-c2ccccc2)cc1. The lowest BCUT2D eigenvalue weighted by atomic mass is 10.3. The minimum atomic E-state index is -0.833. The van der Waals surface area contributed by atoms with E-state index in [0.717, 1.165) is 24.0 Å². The molecule has 0 aliphatic rings. The van der Waals surface area contributed by atoms with Crippen LogP contribution in [0.25, 0.3) is 11.4 Å². The van der Waals surface area contributed by atoms with Crippen molar-refractivity contribution in [2.75, 3.05) is 0 Å². The van der Waals surface area contributed by atoms with Crippen molar-refractivity contribution in [2.45, 2.75) is 6.92 Å². The van der Waals surface area contributed by atoms with Gasteiger partial charge in [-0.2, -0.15) is 14.3 Å². The molecule has 0 saturated carbocycles. The first-order valence-corrected chi connectivity index (χ1v) is 8.72. The first-order chi connectivity index (χ1) is 13.6. The van der Waals surface area contributed by atoms with E-state index in [4.69, 9.17) is 14.9 Å². The van der Waals surface area contributed by atoms with Gasteiger partial charge in [0.2, 0.25) is 5.62 Å². The van der Waals surface area contributed by atoms with Gasteiger partial charge in [-0.25, -0.2) is 0 Å². The summed E-state index contributed by atoms with van der Waals surface area (Å²) in [7, 11) is 0. The Bertz CT molecular complexity index is 1080. The van der Waals surface area contributed by atoms with Gasteiger partial charge in [-0.3, -0.25) is 4.79 Å². The molecule has 0 aliphatic carbocycles. The molecule has 28 heavy (non-hydrogen) atoms. The molecular weight excluding hydrogens is 352 g/mol. The van der Waals surface area contributed by atoms with Crippen molar-refractivity contribution in [3.63, 3.8) is 0 Å². The van der Waals surface area contributed by atoms with Gasteiger partial charge in [0.25, 0.3) is 12.3 Å². The number of aliphatic carboxylic acids is 1. The van der Waals surface area contributed by atoms with Crippen LogP contribution >= 0.6 is 0 Å². The zero-order valence-electron chi connectivity index (χ0n) is 15.4. The van der Waals surface area contributed by atoms with Gasteiger partial charge in [-0.15, -0.1) is 0 Å². The standard InChI is InChI=1S/C20H16N4.C2H4O2/c1-4-10-17(11-5-1)21-20-22-24(19-14-8-3-9-15-19)16-23(20)18-12-6-2-7-13-18;1-2(3)4/h1-16H;1H3,(H,3,4). The van der Waals surface area contributed by atoms with Gasteiger partial charge in [-0.1, -0.05) is 66.7 Å². The van der Waals surface area contributed by atoms with Crippen molar-refractivity contribution < 1.29 is 14.6 Å². The summed E-state index contributed by atoms with van der Waals surface area (Å²) < 4.78 is 3.83. The molecular formula is C22H20N4O2. The minimum absolute atomic E-state index is 0.635. The average molecular weight is 372 g/mol. The number of para-hydroxylation sites is 3. The number of carboxylic acids is 1. The molecule has 6 heteroatoms. The summed E-state index contributed by atoms with van der Waals surface area (Å²) in [5.41, 5.74) is 3.53.